The van der Waals surface area contributed by atoms with Crippen LogP contribution in [-0.2, 0) is 0 Å². The van der Waals surface area contributed by atoms with Crippen molar-refractivity contribution in [2.24, 2.45) is 0 Å². The first-order valence-corrected chi connectivity index (χ1v) is 5.73. The average molecular weight is 268 g/mol. The molecule has 0 bridgehead atoms. The summed E-state index contributed by atoms with van der Waals surface area (Å²) in [5.41, 5.74) is 1.70. The Labute approximate surface area is 112 Å². The number of fused-ring (bicyclic) bond motifs is 2. The number of hydrogen-bond acceptors (Lipinski definition) is 4. The molecule has 0 aliphatic heterocycles. The zero-order valence-electron chi connectivity index (χ0n) is 10.1. The van der Waals surface area contributed by atoms with Crippen LogP contribution < -0.4 is 0 Å². The van der Waals surface area contributed by atoms with Crippen molar-refractivity contribution < 1.29 is 19.8 Å². The van der Waals surface area contributed by atoms with E-state index in [1.165, 1.54) is 18.2 Å². The van der Waals surface area contributed by atoms with Gasteiger partial charge in [-0.05, 0) is 30.3 Å². The van der Waals surface area contributed by atoms with E-state index in [1.807, 2.05) is 0 Å². The van der Waals surface area contributed by atoms with Crippen molar-refractivity contribution in [3.8, 4) is 0 Å². The first kappa shape index (κ1) is 12.0. The molecule has 2 N–H and O–H groups in total. The predicted molar refractivity (Wildman–Crippen MR) is 71.0 cm³/mol. The van der Waals surface area contributed by atoms with Gasteiger partial charge in [0.1, 0.15) is 5.52 Å². The standard InChI is InChI=1S/C14H8N2O4/c17-13(18)7-4-5-9-11(6-7)16-12-8(14(19)20)2-1-3-10(12)15-9/h1-6H,(H,17,18)(H,19,20). The van der Waals surface area contributed by atoms with E-state index in [2.05, 4.69) is 9.97 Å². The van der Waals surface area contributed by atoms with Gasteiger partial charge in [0.2, 0.25) is 0 Å². The number of aromatic carboxylic acids is 2. The zero-order chi connectivity index (χ0) is 14.3. The van der Waals surface area contributed by atoms with Gasteiger partial charge < -0.3 is 10.2 Å². The van der Waals surface area contributed by atoms with E-state index >= 15 is 0 Å². The van der Waals surface area contributed by atoms with Crippen LogP contribution in [0.5, 0.6) is 0 Å². The van der Waals surface area contributed by atoms with E-state index < -0.39 is 11.9 Å². The Morgan fingerprint density at radius 2 is 1.65 bits per heavy atom. The number of hydrogen-bond donors (Lipinski definition) is 2. The van der Waals surface area contributed by atoms with Crippen LogP contribution in [0.1, 0.15) is 20.7 Å². The third-order valence-electron chi connectivity index (χ3n) is 2.94. The number of carbonyl (C=O) groups is 2. The molecule has 0 aliphatic rings. The third-order valence-corrected chi connectivity index (χ3v) is 2.94. The maximum absolute atomic E-state index is 11.2. The minimum Gasteiger partial charge on any atom is -0.478 e. The van der Waals surface area contributed by atoms with Crippen molar-refractivity contribution in [3.63, 3.8) is 0 Å². The predicted octanol–water partition coefficient (Wildman–Crippen LogP) is 2.18. The van der Waals surface area contributed by atoms with Gasteiger partial charge in [-0.2, -0.15) is 0 Å². The minimum atomic E-state index is -1.10. The Kier molecular flexibility index (Phi) is 2.57. The van der Waals surface area contributed by atoms with Crippen LogP contribution >= 0.6 is 0 Å². The second kappa shape index (κ2) is 4.27. The minimum absolute atomic E-state index is 0.0395. The maximum Gasteiger partial charge on any atom is 0.337 e. The normalized spacial score (nSPS) is 10.8. The van der Waals surface area contributed by atoms with Crippen molar-refractivity contribution >= 4 is 34.0 Å². The van der Waals surface area contributed by atoms with Gasteiger partial charge in [-0.1, -0.05) is 6.07 Å². The van der Waals surface area contributed by atoms with Gasteiger partial charge in [0.05, 0.1) is 27.7 Å². The summed E-state index contributed by atoms with van der Waals surface area (Å²) in [6, 6.07) is 9.07. The molecule has 2 aromatic carbocycles. The first-order chi connectivity index (χ1) is 9.56. The second-order valence-electron chi connectivity index (χ2n) is 4.21. The molecule has 0 amide bonds. The lowest BCUT2D eigenvalue weighted by Gasteiger charge is -2.04. The van der Waals surface area contributed by atoms with Crippen molar-refractivity contribution in [1.29, 1.82) is 0 Å². The first-order valence-electron chi connectivity index (χ1n) is 5.73. The van der Waals surface area contributed by atoms with Gasteiger partial charge in [-0.3, -0.25) is 0 Å². The molecule has 20 heavy (non-hydrogen) atoms. The van der Waals surface area contributed by atoms with Gasteiger partial charge in [0, 0.05) is 0 Å². The van der Waals surface area contributed by atoms with Gasteiger partial charge >= 0.3 is 11.9 Å². The Morgan fingerprint density at radius 1 is 0.850 bits per heavy atom. The van der Waals surface area contributed by atoms with Crippen molar-refractivity contribution in [2.45, 2.75) is 0 Å². The van der Waals surface area contributed by atoms with Crippen LogP contribution in [0.2, 0.25) is 0 Å². The molecule has 0 aliphatic carbocycles. The Bertz CT molecular complexity index is 874. The molecule has 0 saturated carbocycles. The lowest BCUT2D eigenvalue weighted by Crippen LogP contribution is -2.01. The van der Waals surface area contributed by atoms with E-state index in [9.17, 15) is 9.59 Å². The second-order valence-corrected chi connectivity index (χ2v) is 4.21. The number of rotatable bonds is 2. The number of carboxylic acids is 2. The Hall–Kier alpha value is -3.02. The fraction of sp³-hybridized carbons (Fsp3) is 0. The third kappa shape index (κ3) is 1.83. The van der Waals surface area contributed by atoms with E-state index in [4.69, 9.17) is 10.2 Å². The Morgan fingerprint density at radius 3 is 2.35 bits per heavy atom. The fourth-order valence-electron chi connectivity index (χ4n) is 2.00. The number of carboxylic acid groups (broad SMARTS) is 2. The molecule has 0 unspecified atom stereocenters. The summed E-state index contributed by atoms with van der Waals surface area (Å²) in [6.45, 7) is 0. The molecule has 3 aromatic rings. The van der Waals surface area contributed by atoms with Crippen LogP contribution in [0.15, 0.2) is 36.4 Å². The number of para-hydroxylation sites is 1. The highest BCUT2D eigenvalue weighted by atomic mass is 16.4. The lowest BCUT2D eigenvalue weighted by molar-refractivity contribution is 0.0687. The molecule has 0 atom stereocenters. The van der Waals surface area contributed by atoms with E-state index in [-0.39, 0.29) is 16.6 Å². The molecular formula is C14H8N2O4. The van der Waals surface area contributed by atoms with Crippen molar-refractivity contribution in [3.05, 3.63) is 47.5 Å². The molecule has 0 fully saturated rings. The summed E-state index contributed by atoms with van der Waals surface area (Å²) in [5.74, 6) is -2.17. The van der Waals surface area contributed by atoms with Gasteiger partial charge in [-0.25, -0.2) is 19.6 Å². The van der Waals surface area contributed by atoms with Crippen LogP contribution in [0.25, 0.3) is 22.1 Å². The SMILES string of the molecule is O=C(O)c1ccc2nc3cccc(C(=O)O)c3nc2c1. The molecule has 0 saturated heterocycles. The van der Waals surface area contributed by atoms with Gasteiger partial charge in [0.25, 0.3) is 0 Å². The van der Waals surface area contributed by atoms with Crippen LogP contribution in [-0.4, -0.2) is 32.1 Å². The quantitative estimate of drug-likeness (QED) is 0.691. The summed E-state index contributed by atoms with van der Waals surface area (Å²) in [6.07, 6.45) is 0. The number of nitrogens with zero attached hydrogens (tertiary/aromatic N) is 2. The molecule has 0 spiro atoms. The van der Waals surface area contributed by atoms with Crippen molar-refractivity contribution in [1.82, 2.24) is 9.97 Å². The van der Waals surface area contributed by atoms with E-state index in [0.717, 1.165) is 0 Å². The molecule has 1 heterocycles. The highest BCUT2D eigenvalue weighted by Crippen LogP contribution is 2.20. The molecule has 0 radical (unpaired) electrons. The highest BCUT2D eigenvalue weighted by Gasteiger charge is 2.12. The summed E-state index contributed by atoms with van der Waals surface area (Å²) in [7, 11) is 0. The lowest BCUT2D eigenvalue weighted by atomic mass is 10.1. The zero-order valence-corrected chi connectivity index (χ0v) is 10.1. The van der Waals surface area contributed by atoms with E-state index in [1.54, 1.807) is 18.2 Å². The van der Waals surface area contributed by atoms with Crippen LogP contribution in [0, 0.1) is 0 Å². The molecule has 1 aromatic heterocycles. The van der Waals surface area contributed by atoms with Gasteiger partial charge in [-0.15, -0.1) is 0 Å². The smallest absolute Gasteiger partial charge is 0.337 e. The summed E-state index contributed by atoms with van der Waals surface area (Å²) < 4.78 is 0. The number of benzene rings is 2. The topological polar surface area (TPSA) is 100 Å². The summed E-state index contributed by atoms with van der Waals surface area (Å²) in [5, 5.41) is 18.1. The molecule has 98 valence electrons. The highest BCUT2D eigenvalue weighted by molar-refractivity contribution is 6.03. The monoisotopic (exact) mass is 268 g/mol. The maximum atomic E-state index is 11.2. The summed E-state index contributed by atoms with van der Waals surface area (Å²) >= 11 is 0. The van der Waals surface area contributed by atoms with Crippen LogP contribution in [0.3, 0.4) is 0 Å². The summed E-state index contributed by atoms with van der Waals surface area (Å²) in [4.78, 5) is 30.6. The molecule has 6 heteroatoms. The Balaban J connectivity index is 2.38. The van der Waals surface area contributed by atoms with Crippen LogP contribution in [0.4, 0.5) is 0 Å². The molecule has 6 nitrogen and oxygen atoms in total. The van der Waals surface area contributed by atoms with Gasteiger partial charge in [0.15, 0.2) is 0 Å². The largest absolute Gasteiger partial charge is 0.478 e. The van der Waals surface area contributed by atoms with Crippen molar-refractivity contribution in [2.75, 3.05) is 0 Å². The molecule has 3 rings (SSSR count). The number of aromatic nitrogens is 2. The molecular weight excluding hydrogens is 260 g/mol. The van der Waals surface area contributed by atoms with E-state index in [0.29, 0.717) is 16.6 Å². The fourth-order valence-corrected chi connectivity index (χ4v) is 2.00. The average Bonchev–Trinajstić information content (AvgIpc) is 2.43.